The van der Waals surface area contributed by atoms with E-state index in [0.29, 0.717) is 100 Å². The van der Waals surface area contributed by atoms with Crippen molar-refractivity contribution in [3.63, 3.8) is 0 Å². The van der Waals surface area contributed by atoms with Crippen molar-refractivity contribution in [1.29, 1.82) is 0 Å². The Kier molecular flexibility index (Phi) is 19.8. The monoisotopic (exact) mass is 1050 g/mol. The van der Waals surface area contributed by atoms with Gasteiger partial charge in [-0.3, -0.25) is 9.59 Å². The molecule has 4 aliphatic rings. The number of benzene rings is 4. The molecule has 16 heteroatoms. The standard InChI is InChI=1S/C60H76F2N4O10/c1-39(2)45-11-15-47(16-12-45)55(57(67)65(35-43-7-19-49(61)20-8-43)51-23-29-63(30-24-51)33-27-53-71-37-41(5)73-53)75-59(69)60(70)76-56(48-17-13-46(14-18-48)40(3)4)58(68)66(36-44-9-21-50(62)22-10-44)52-25-31-64(32-26-52)34-28-54-72-38-42(6)74-54/h7-22,39-42,51-56H,23-38H2,1-6H3/t41-,42-,53?,54?,55?,56?/m0/s1. The van der Waals surface area contributed by atoms with Crippen molar-refractivity contribution < 1.29 is 56.4 Å². The van der Waals surface area contributed by atoms with Crippen molar-refractivity contribution in [1.82, 2.24) is 19.6 Å². The van der Waals surface area contributed by atoms with E-state index in [9.17, 15) is 18.4 Å². The first-order valence-corrected chi connectivity index (χ1v) is 27.3. The number of halogens is 2. The van der Waals surface area contributed by atoms with Crippen LogP contribution >= 0.6 is 0 Å². The molecule has 14 nitrogen and oxygen atoms in total. The lowest BCUT2D eigenvalue weighted by atomic mass is 9.97. The number of nitrogens with zero attached hydrogens (tertiary/aromatic N) is 4. The molecule has 0 radical (unpaired) electrons. The fourth-order valence-corrected chi connectivity index (χ4v) is 10.5. The van der Waals surface area contributed by atoms with Crippen molar-refractivity contribution in [2.24, 2.45) is 0 Å². The Labute approximate surface area is 446 Å². The molecule has 4 heterocycles. The van der Waals surface area contributed by atoms with E-state index in [1.54, 1.807) is 58.3 Å². The molecule has 4 aromatic carbocycles. The molecule has 4 saturated heterocycles. The van der Waals surface area contributed by atoms with Crippen LogP contribution < -0.4 is 0 Å². The van der Waals surface area contributed by atoms with Crippen molar-refractivity contribution in [2.75, 3.05) is 52.5 Å². The first-order chi connectivity index (χ1) is 36.6. The molecule has 2 amide bonds. The second-order valence-corrected chi connectivity index (χ2v) is 21.5. The highest BCUT2D eigenvalue weighted by atomic mass is 19.1. The minimum atomic E-state index is -1.59. The second kappa shape index (κ2) is 26.6. The Balaban J connectivity index is 1.05. The van der Waals surface area contributed by atoms with Gasteiger partial charge in [-0.15, -0.1) is 0 Å². The molecule has 0 bridgehead atoms. The molecule has 0 N–H and O–H groups in total. The summed E-state index contributed by atoms with van der Waals surface area (Å²) in [6, 6.07) is 25.6. The van der Waals surface area contributed by atoms with E-state index in [2.05, 4.69) is 9.80 Å². The zero-order valence-corrected chi connectivity index (χ0v) is 45.0. The van der Waals surface area contributed by atoms with Crippen LogP contribution in [0.2, 0.25) is 0 Å². The van der Waals surface area contributed by atoms with Crippen LogP contribution in [0.25, 0.3) is 0 Å². The van der Waals surface area contributed by atoms with Gasteiger partial charge in [0.25, 0.3) is 11.8 Å². The maximum atomic E-state index is 15.3. The Bertz CT molecular complexity index is 2340. The van der Waals surface area contributed by atoms with Crippen LogP contribution in [0.5, 0.6) is 0 Å². The van der Waals surface area contributed by atoms with Crippen LogP contribution in [-0.4, -0.2) is 133 Å². The third-order valence-electron chi connectivity index (χ3n) is 15.1. The number of hydrogen-bond donors (Lipinski definition) is 0. The van der Waals surface area contributed by atoms with Crippen LogP contribution in [-0.2, 0) is 60.7 Å². The van der Waals surface area contributed by atoms with Gasteiger partial charge in [-0.25, -0.2) is 18.4 Å². The first-order valence-electron chi connectivity index (χ1n) is 27.3. The molecule has 8 rings (SSSR count). The van der Waals surface area contributed by atoms with Gasteiger partial charge in [-0.1, -0.05) is 100 Å². The summed E-state index contributed by atoms with van der Waals surface area (Å²) in [7, 11) is 0. The molecule has 4 unspecified atom stereocenters. The molecule has 0 saturated carbocycles. The largest absolute Gasteiger partial charge is 0.439 e. The van der Waals surface area contributed by atoms with E-state index in [1.165, 1.54) is 24.3 Å². The van der Waals surface area contributed by atoms with Gasteiger partial charge >= 0.3 is 11.9 Å². The summed E-state index contributed by atoms with van der Waals surface area (Å²) < 4.78 is 63.9. The highest BCUT2D eigenvalue weighted by molar-refractivity contribution is 6.30. The normalized spacial score (nSPS) is 21.7. The number of hydrogen-bond acceptors (Lipinski definition) is 12. The van der Waals surface area contributed by atoms with Crippen molar-refractivity contribution in [2.45, 2.75) is 154 Å². The average molecular weight is 1050 g/mol. The van der Waals surface area contributed by atoms with E-state index < -0.39 is 47.6 Å². The number of carbonyl (C=O) groups is 4. The molecular formula is C60H76F2N4O10. The quantitative estimate of drug-likeness (QED) is 0.0617. The number of ether oxygens (including phenoxy) is 6. The molecule has 4 aromatic rings. The van der Waals surface area contributed by atoms with Gasteiger partial charge in [0.1, 0.15) is 11.6 Å². The zero-order valence-electron chi connectivity index (χ0n) is 45.0. The molecular weight excluding hydrogens is 975 g/mol. The van der Waals surface area contributed by atoms with Gasteiger partial charge in [-0.05, 0) is 97.9 Å². The summed E-state index contributed by atoms with van der Waals surface area (Å²) in [6.45, 7) is 17.6. The SMILES string of the molecule is CC(C)c1ccc(C(OC(=O)C(=O)OC(C(=O)N(Cc2ccc(F)cc2)C2CCN(CCC3OC[C@H](C)O3)CC2)c2ccc(C(C)C)cc2)C(=O)N(Cc2ccc(F)cc2)C2CCN(CCC3OC[C@H](C)O3)CC2)cc1. The van der Waals surface area contributed by atoms with Crippen LogP contribution in [0, 0.1) is 11.6 Å². The summed E-state index contributed by atoms with van der Waals surface area (Å²) in [6.07, 6.45) is 0.216. The lowest BCUT2D eigenvalue weighted by Crippen LogP contribution is -2.50. The molecule has 4 aliphatic heterocycles. The Hall–Kier alpha value is -5.62. The van der Waals surface area contributed by atoms with Crippen molar-refractivity contribution in [3.8, 4) is 0 Å². The van der Waals surface area contributed by atoms with E-state index >= 15 is 9.59 Å². The molecule has 410 valence electrons. The van der Waals surface area contributed by atoms with Gasteiger partial charge in [0.15, 0.2) is 12.6 Å². The third kappa shape index (κ3) is 15.3. The molecule has 76 heavy (non-hydrogen) atoms. The van der Waals surface area contributed by atoms with Gasteiger partial charge in [-0.2, -0.15) is 0 Å². The van der Waals surface area contributed by atoms with Gasteiger partial charge in [0.2, 0.25) is 12.2 Å². The minimum Gasteiger partial charge on any atom is -0.439 e. The number of amides is 2. The molecule has 6 atom stereocenters. The number of rotatable bonds is 20. The lowest BCUT2D eigenvalue weighted by Gasteiger charge is -2.40. The maximum Gasteiger partial charge on any atom is 0.418 e. The second-order valence-electron chi connectivity index (χ2n) is 21.5. The van der Waals surface area contributed by atoms with E-state index in [-0.39, 0.29) is 61.8 Å². The van der Waals surface area contributed by atoms with E-state index in [0.717, 1.165) is 24.2 Å². The van der Waals surface area contributed by atoms with E-state index in [1.807, 2.05) is 65.8 Å². The summed E-state index contributed by atoms with van der Waals surface area (Å²) in [5.41, 5.74) is 4.00. The third-order valence-corrected chi connectivity index (χ3v) is 15.1. The zero-order chi connectivity index (χ0) is 53.9. The molecule has 0 spiro atoms. The van der Waals surface area contributed by atoms with Gasteiger partial charge in [0, 0.05) is 88.4 Å². The summed E-state index contributed by atoms with van der Waals surface area (Å²) >= 11 is 0. The number of carbonyl (C=O) groups excluding carboxylic acids is 4. The average Bonchev–Trinajstić information content (AvgIpc) is 4.06. The van der Waals surface area contributed by atoms with Crippen LogP contribution in [0.15, 0.2) is 97.1 Å². The topological polar surface area (TPSA) is 137 Å². The summed E-state index contributed by atoms with van der Waals surface area (Å²) in [5, 5.41) is 0. The smallest absolute Gasteiger partial charge is 0.418 e. The van der Waals surface area contributed by atoms with Crippen molar-refractivity contribution >= 4 is 23.8 Å². The summed E-state index contributed by atoms with van der Waals surface area (Å²) in [5.74, 6) is -4.54. The van der Waals surface area contributed by atoms with E-state index in [4.69, 9.17) is 28.4 Å². The van der Waals surface area contributed by atoms with Gasteiger partial charge < -0.3 is 48.0 Å². The van der Waals surface area contributed by atoms with Crippen LogP contribution in [0.1, 0.15) is 137 Å². The Morgan fingerprint density at radius 3 is 1.16 bits per heavy atom. The lowest BCUT2D eigenvalue weighted by molar-refractivity contribution is -0.181. The predicted octanol–water partition coefficient (Wildman–Crippen LogP) is 9.37. The fourth-order valence-electron chi connectivity index (χ4n) is 10.5. The molecule has 4 fully saturated rings. The Morgan fingerprint density at radius 2 is 0.855 bits per heavy atom. The highest BCUT2D eigenvalue weighted by Crippen LogP contribution is 2.32. The van der Waals surface area contributed by atoms with Crippen LogP contribution in [0.3, 0.4) is 0 Å². The molecule has 0 aromatic heterocycles. The molecule has 0 aliphatic carbocycles. The Morgan fingerprint density at radius 1 is 0.526 bits per heavy atom. The maximum absolute atomic E-state index is 15.3. The predicted molar refractivity (Wildman–Crippen MR) is 281 cm³/mol. The van der Waals surface area contributed by atoms with Crippen molar-refractivity contribution in [3.05, 3.63) is 142 Å². The van der Waals surface area contributed by atoms with Gasteiger partial charge in [0.05, 0.1) is 25.4 Å². The van der Waals surface area contributed by atoms with Crippen LogP contribution in [0.4, 0.5) is 8.78 Å². The number of likely N-dealkylation sites (tertiary alicyclic amines) is 2. The number of piperidine rings is 2. The number of esters is 2. The fraction of sp³-hybridized carbons (Fsp3) is 0.533. The summed E-state index contributed by atoms with van der Waals surface area (Å²) in [4.78, 5) is 67.5. The minimum absolute atomic E-state index is 0.0506. The highest BCUT2D eigenvalue weighted by Gasteiger charge is 2.41. The first kappa shape index (κ1) is 56.6.